The van der Waals surface area contributed by atoms with E-state index in [1.54, 1.807) is 12.1 Å². The third kappa shape index (κ3) is 3.32. The van der Waals surface area contributed by atoms with Gasteiger partial charge in [-0.2, -0.15) is 0 Å². The highest BCUT2D eigenvalue weighted by molar-refractivity contribution is 5.93. The van der Waals surface area contributed by atoms with Crippen molar-refractivity contribution in [2.45, 2.75) is 44.6 Å². The molecule has 1 heterocycles. The van der Waals surface area contributed by atoms with Crippen LogP contribution in [0.2, 0.25) is 0 Å². The molecule has 6 nitrogen and oxygen atoms in total. The molecule has 2 fully saturated rings. The van der Waals surface area contributed by atoms with Crippen molar-refractivity contribution in [2.75, 3.05) is 12.1 Å². The van der Waals surface area contributed by atoms with Crippen molar-refractivity contribution in [3.05, 3.63) is 18.2 Å². The number of benzene rings is 1. The van der Waals surface area contributed by atoms with Crippen molar-refractivity contribution in [3.8, 4) is 11.5 Å². The van der Waals surface area contributed by atoms with Crippen molar-refractivity contribution < 1.29 is 19.1 Å². The Labute approximate surface area is 140 Å². The van der Waals surface area contributed by atoms with Gasteiger partial charge in [-0.1, -0.05) is 0 Å². The molecule has 0 radical (unpaired) electrons. The minimum absolute atomic E-state index is 0.0231. The monoisotopic (exact) mass is 330 g/mol. The fraction of sp³-hybridized carbons (Fsp3) is 0.556. The van der Waals surface area contributed by atoms with Crippen LogP contribution in [0.4, 0.5) is 5.69 Å². The molecule has 0 saturated heterocycles. The maximum atomic E-state index is 12.4. The summed E-state index contributed by atoms with van der Waals surface area (Å²) in [5.41, 5.74) is 0.720. The molecular weight excluding hydrogens is 308 g/mol. The van der Waals surface area contributed by atoms with Gasteiger partial charge >= 0.3 is 0 Å². The highest BCUT2D eigenvalue weighted by atomic mass is 16.7. The summed E-state index contributed by atoms with van der Waals surface area (Å²) in [6.07, 6.45) is 5.33. The molecule has 0 bridgehead atoms. The molecule has 1 aromatic carbocycles. The Kier molecular flexibility index (Phi) is 4.04. The van der Waals surface area contributed by atoms with Gasteiger partial charge in [0.25, 0.3) is 0 Å². The molecule has 0 spiro atoms. The largest absolute Gasteiger partial charge is 0.454 e. The topological polar surface area (TPSA) is 76.7 Å². The van der Waals surface area contributed by atoms with E-state index in [-0.39, 0.29) is 30.4 Å². The van der Waals surface area contributed by atoms with E-state index in [0.717, 1.165) is 44.2 Å². The molecule has 6 heteroatoms. The SMILES string of the molecule is O=C(Nc1ccc2c(c1)OCO2)C1CCC(C(=O)NC2CC2)CC1. The molecule has 2 aliphatic carbocycles. The zero-order valence-corrected chi connectivity index (χ0v) is 13.5. The third-order valence-electron chi connectivity index (χ3n) is 5.03. The van der Waals surface area contributed by atoms with E-state index in [2.05, 4.69) is 10.6 Å². The first-order valence-electron chi connectivity index (χ1n) is 8.70. The summed E-state index contributed by atoms with van der Waals surface area (Å²) in [4.78, 5) is 24.5. The zero-order chi connectivity index (χ0) is 16.5. The number of carbonyl (C=O) groups excluding carboxylic acids is 2. The fourth-order valence-corrected chi connectivity index (χ4v) is 3.38. The number of anilines is 1. The van der Waals surface area contributed by atoms with Gasteiger partial charge in [-0.3, -0.25) is 9.59 Å². The smallest absolute Gasteiger partial charge is 0.231 e. The van der Waals surface area contributed by atoms with Gasteiger partial charge < -0.3 is 20.1 Å². The number of rotatable bonds is 4. The van der Waals surface area contributed by atoms with Crippen LogP contribution < -0.4 is 20.1 Å². The van der Waals surface area contributed by atoms with Crippen LogP contribution in [-0.2, 0) is 9.59 Å². The Morgan fingerprint density at radius 1 is 0.875 bits per heavy atom. The van der Waals surface area contributed by atoms with Crippen LogP contribution in [0.25, 0.3) is 0 Å². The van der Waals surface area contributed by atoms with E-state index in [9.17, 15) is 9.59 Å². The normalized spacial score (nSPS) is 25.2. The number of hydrogen-bond donors (Lipinski definition) is 2. The summed E-state index contributed by atoms with van der Waals surface area (Å²) in [5, 5.41) is 6.02. The summed E-state index contributed by atoms with van der Waals surface area (Å²) in [5.74, 6) is 1.60. The van der Waals surface area contributed by atoms with Gasteiger partial charge in [0, 0.05) is 29.6 Å². The van der Waals surface area contributed by atoms with Gasteiger partial charge in [0.1, 0.15) is 0 Å². The van der Waals surface area contributed by atoms with E-state index in [0.29, 0.717) is 17.5 Å². The van der Waals surface area contributed by atoms with Crippen molar-refractivity contribution in [3.63, 3.8) is 0 Å². The van der Waals surface area contributed by atoms with Gasteiger partial charge in [0.15, 0.2) is 11.5 Å². The second kappa shape index (κ2) is 6.34. The van der Waals surface area contributed by atoms with Gasteiger partial charge in [-0.15, -0.1) is 0 Å². The predicted molar refractivity (Wildman–Crippen MR) is 87.8 cm³/mol. The summed E-state index contributed by atoms with van der Waals surface area (Å²) >= 11 is 0. The molecule has 4 rings (SSSR count). The highest BCUT2D eigenvalue weighted by Gasteiger charge is 2.32. The van der Waals surface area contributed by atoms with E-state index in [1.807, 2.05) is 6.07 Å². The molecule has 0 atom stereocenters. The number of amides is 2. The number of fused-ring (bicyclic) bond motifs is 1. The lowest BCUT2D eigenvalue weighted by atomic mass is 9.81. The molecule has 2 amide bonds. The van der Waals surface area contributed by atoms with Gasteiger partial charge in [0.2, 0.25) is 18.6 Å². The second-order valence-electron chi connectivity index (χ2n) is 6.89. The average molecular weight is 330 g/mol. The van der Waals surface area contributed by atoms with Crippen LogP contribution in [-0.4, -0.2) is 24.6 Å². The molecule has 3 aliphatic rings. The molecule has 0 aromatic heterocycles. The highest BCUT2D eigenvalue weighted by Crippen LogP contribution is 2.35. The maximum Gasteiger partial charge on any atom is 0.231 e. The van der Waals surface area contributed by atoms with Crippen molar-refractivity contribution in [1.29, 1.82) is 0 Å². The van der Waals surface area contributed by atoms with E-state index in [1.165, 1.54) is 0 Å². The van der Waals surface area contributed by atoms with Crippen LogP contribution in [0.15, 0.2) is 18.2 Å². The first-order chi connectivity index (χ1) is 11.7. The predicted octanol–water partition coefficient (Wildman–Crippen LogP) is 2.44. The quantitative estimate of drug-likeness (QED) is 0.889. The van der Waals surface area contributed by atoms with Crippen LogP contribution in [0, 0.1) is 11.8 Å². The third-order valence-corrected chi connectivity index (χ3v) is 5.03. The molecule has 2 N–H and O–H groups in total. The standard InChI is InChI=1S/C18H22N2O4/c21-17(19-13-5-6-13)11-1-3-12(4-2-11)18(22)20-14-7-8-15-16(9-14)24-10-23-15/h7-9,11-13H,1-6,10H2,(H,19,21)(H,20,22). The summed E-state index contributed by atoms with van der Waals surface area (Å²) in [6.45, 7) is 0.222. The van der Waals surface area contributed by atoms with Crippen LogP contribution in [0.5, 0.6) is 11.5 Å². The summed E-state index contributed by atoms with van der Waals surface area (Å²) in [7, 11) is 0. The number of hydrogen-bond acceptors (Lipinski definition) is 4. The minimum Gasteiger partial charge on any atom is -0.454 e. The van der Waals surface area contributed by atoms with Crippen LogP contribution in [0.3, 0.4) is 0 Å². The molecule has 2 saturated carbocycles. The summed E-state index contributed by atoms with van der Waals surface area (Å²) in [6, 6.07) is 5.82. The van der Waals surface area contributed by atoms with E-state index in [4.69, 9.17) is 9.47 Å². The lowest BCUT2D eigenvalue weighted by molar-refractivity contribution is -0.128. The Balaban J connectivity index is 1.29. The molecular formula is C18H22N2O4. The Hall–Kier alpha value is -2.24. The maximum absolute atomic E-state index is 12.4. The molecule has 1 aromatic rings. The van der Waals surface area contributed by atoms with Crippen molar-refractivity contribution >= 4 is 17.5 Å². The van der Waals surface area contributed by atoms with E-state index >= 15 is 0 Å². The zero-order valence-electron chi connectivity index (χ0n) is 13.5. The lowest BCUT2D eigenvalue weighted by Crippen LogP contribution is -2.36. The first kappa shape index (κ1) is 15.3. The van der Waals surface area contributed by atoms with Crippen molar-refractivity contribution in [1.82, 2.24) is 5.32 Å². The Morgan fingerprint density at radius 2 is 1.54 bits per heavy atom. The molecule has 0 unspecified atom stereocenters. The first-order valence-corrected chi connectivity index (χ1v) is 8.70. The van der Waals surface area contributed by atoms with E-state index < -0.39 is 0 Å². The fourth-order valence-electron chi connectivity index (χ4n) is 3.38. The second-order valence-corrected chi connectivity index (χ2v) is 6.89. The van der Waals surface area contributed by atoms with Crippen LogP contribution >= 0.6 is 0 Å². The Bertz CT molecular complexity index is 648. The lowest BCUT2D eigenvalue weighted by Gasteiger charge is -2.27. The van der Waals surface area contributed by atoms with Gasteiger partial charge in [0.05, 0.1) is 0 Å². The number of nitrogens with one attached hydrogen (secondary N) is 2. The Morgan fingerprint density at radius 3 is 2.25 bits per heavy atom. The van der Waals surface area contributed by atoms with Gasteiger partial charge in [-0.25, -0.2) is 0 Å². The average Bonchev–Trinajstić information content (AvgIpc) is 3.29. The molecule has 128 valence electrons. The van der Waals surface area contributed by atoms with Crippen molar-refractivity contribution in [2.24, 2.45) is 11.8 Å². The van der Waals surface area contributed by atoms with Crippen LogP contribution in [0.1, 0.15) is 38.5 Å². The number of ether oxygens (including phenoxy) is 2. The molecule has 1 aliphatic heterocycles. The number of carbonyl (C=O) groups is 2. The van der Waals surface area contributed by atoms with Gasteiger partial charge in [-0.05, 0) is 50.7 Å². The summed E-state index contributed by atoms with van der Waals surface area (Å²) < 4.78 is 10.6. The molecule has 24 heavy (non-hydrogen) atoms. The minimum atomic E-state index is -0.0274.